The largest absolute Gasteiger partial charge is 0.338 e. The van der Waals surface area contributed by atoms with Gasteiger partial charge in [0.15, 0.2) is 0 Å². The van der Waals surface area contributed by atoms with Gasteiger partial charge < -0.3 is 9.42 Å². The molecule has 1 aliphatic heterocycles. The van der Waals surface area contributed by atoms with Crippen molar-refractivity contribution in [1.82, 2.24) is 19.9 Å². The van der Waals surface area contributed by atoms with Crippen molar-refractivity contribution >= 4 is 33.4 Å². The number of halogens is 3. The lowest BCUT2D eigenvalue weighted by molar-refractivity contribution is 0.0614. The van der Waals surface area contributed by atoms with Crippen LogP contribution in [0.3, 0.4) is 0 Å². The normalized spacial score (nSPS) is 14.9. The van der Waals surface area contributed by atoms with Crippen LogP contribution < -0.4 is 0 Å². The van der Waals surface area contributed by atoms with Crippen LogP contribution in [0.5, 0.6) is 0 Å². The Morgan fingerprint density at radius 2 is 1.86 bits per heavy atom. The molecule has 2 heterocycles. The number of nitrogens with zero attached hydrogens (tertiary/aromatic N) is 4. The highest BCUT2D eigenvalue weighted by Crippen LogP contribution is 2.22. The van der Waals surface area contributed by atoms with Gasteiger partial charge in [-0.15, -0.1) is 0 Å². The molecule has 1 saturated heterocycles. The van der Waals surface area contributed by atoms with Crippen LogP contribution in [0.25, 0.3) is 11.4 Å². The van der Waals surface area contributed by atoms with Crippen LogP contribution in [0.15, 0.2) is 51.5 Å². The molecule has 0 N–H and O–H groups in total. The minimum absolute atomic E-state index is 0.112. The third-order valence-electron chi connectivity index (χ3n) is 4.75. The van der Waals surface area contributed by atoms with Crippen molar-refractivity contribution in [2.24, 2.45) is 0 Å². The van der Waals surface area contributed by atoms with Gasteiger partial charge in [-0.05, 0) is 58.4 Å². The molecule has 0 spiro atoms. The Bertz CT molecular complexity index is 1020. The van der Waals surface area contributed by atoms with E-state index in [1.54, 1.807) is 17.0 Å². The zero-order chi connectivity index (χ0) is 20.4. The van der Waals surface area contributed by atoms with Crippen molar-refractivity contribution in [2.45, 2.75) is 6.54 Å². The summed E-state index contributed by atoms with van der Waals surface area (Å²) < 4.78 is 19.1. The molecule has 6 nitrogen and oxygen atoms in total. The van der Waals surface area contributed by atoms with Gasteiger partial charge in [-0.3, -0.25) is 9.69 Å². The predicted octanol–water partition coefficient (Wildman–Crippen LogP) is 4.25. The Morgan fingerprint density at radius 1 is 1.14 bits per heavy atom. The lowest BCUT2D eigenvalue weighted by Gasteiger charge is -2.34. The highest BCUT2D eigenvalue weighted by atomic mass is 79.9. The molecule has 0 unspecified atom stereocenters. The number of hydrogen-bond acceptors (Lipinski definition) is 5. The predicted molar refractivity (Wildman–Crippen MR) is 110 cm³/mol. The summed E-state index contributed by atoms with van der Waals surface area (Å²) >= 11 is 9.17. The second-order valence-corrected chi connectivity index (χ2v) is 8.00. The topological polar surface area (TPSA) is 62.5 Å². The molecule has 4 rings (SSSR count). The average molecular weight is 480 g/mol. The highest BCUT2D eigenvalue weighted by Gasteiger charge is 2.24. The van der Waals surface area contributed by atoms with Crippen LogP contribution in [0.4, 0.5) is 4.39 Å². The maximum absolute atomic E-state index is 13.3. The van der Waals surface area contributed by atoms with Gasteiger partial charge in [-0.2, -0.15) is 4.98 Å². The Balaban J connectivity index is 1.34. The van der Waals surface area contributed by atoms with E-state index in [0.29, 0.717) is 59.5 Å². The van der Waals surface area contributed by atoms with Crippen LogP contribution in [-0.2, 0) is 6.54 Å². The van der Waals surface area contributed by atoms with Crippen molar-refractivity contribution in [3.63, 3.8) is 0 Å². The van der Waals surface area contributed by atoms with Gasteiger partial charge in [0.25, 0.3) is 5.91 Å². The van der Waals surface area contributed by atoms with Crippen LogP contribution in [-0.4, -0.2) is 52.0 Å². The molecule has 1 aliphatic rings. The molecule has 0 bridgehead atoms. The summed E-state index contributed by atoms with van der Waals surface area (Å²) in [4.78, 5) is 21.0. The maximum Gasteiger partial charge on any atom is 0.255 e. The molecule has 1 amide bonds. The molecule has 0 atom stereocenters. The summed E-state index contributed by atoms with van der Waals surface area (Å²) in [5.74, 6) is 0.553. The first-order valence-electron chi connectivity index (χ1n) is 9.05. The summed E-state index contributed by atoms with van der Waals surface area (Å²) in [6, 6.07) is 11.3. The number of amides is 1. The monoisotopic (exact) mass is 478 g/mol. The Labute approximate surface area is 180 Å². The molecule has 0 aliphatic carbocycles. The first-order valence-corrected chi connectivity index (χ1v) is 10.2. The van der Waals surface area contributed by atoms with Gasteiger partial charge in [-0.25, -0.2) is 4.39 Å². The van der Waals surface area contributed by atoms with E-state index >= 15 is 0 Å². The Hall–Kier alpha value is -2.29. The summed E-state index contributed by atoms with van der Waals surface area (Å²) in [7, 11) is 0. The van der Waals surface area contributed by atoms with Crippen LogP contribution in [0.2, 0.25) is 5.02 Å². The van der Waals surface area contributed by atoms with Crippen LogP contribution in [0.1, 0.15) is 16.2 Å². The van der Waals surface area contributed by atoms with Gasteiger partial charge in [0.1, 0.15) is 5.82 Å². The van der Waals surface area contributed by atoms with Crippen molar-refractivity contribution in [3.8, 4) is 11.4 Å². The lowest BCUT2D eigenvalue weighted by atomic mass is 10.1. The van der Waals surface area contributed by atoms with E-state index in [0.717, 1.165) is 5.56 Å². The van der Waals surface area contributed by atoms with E-state index in [-0.39, 0.29) is 11.7 Å². The number of hydrogen-bond donors (Lipinski definition) is 0. The van der Waals surface area contributed by atoms with Gasteiger partial charge in [-0.1, -0.05) is 16.8 Å². The van der Waals surface area contributed by atoms with Crippen molar-refractivity contribution in [3.05, 3.63) is 69.2 Å². The van der Waals surface area contributed by atoms with E-state index in [2.05, 4.69) is 31.0 Å². The minimum atomic E-state index is -0.379. The average Bonchev–Trinajstić information content (AvgIpc) is 3.17. The van der Waals surface area contributed by atoms with Gasteiger partial charge in [0, 0.05) is 41.2 Å². The second kappa shape index (κ2) is 8.61. The fourth-order valence-corrected chi connectivity index (χ4v) is 3.82. The Kier molecular flexibility index (Phi) is 5.94. The fourth-order valence-electron chi connectivity index (χ4n) is 3.17. The molecule has 1 aromatic heterocycles. The number of carbonyl (C=O) groups is 1. The summed E-state index contributed by atoms with van der Waals surface area (Å²) in [5.41, 5.74) is 1.30. The minimum Gasteiger partial charge on any atom is -0.338 e. The molecular weight excluding hydrogens is 463 g/mol. The number of rotatable bonds is 4. The number of aromatic nitrogens is 2. The summed E-state index contributed by atoms with van der Waals surface area (Å²) in [6.45, 7) is 3.02. The van der Waals surface area contributed by atoms with E-state index in [1.165, 1.54) is 18.2 Å². The fraction of sp³-hybridized carbons (Fsp3) is 0.250. The Morgan fingerprint density at radius 3 is 2.55 bits per heavy atom. The number of benzene rings is 2. The molecule has 2 aromatic carbocycles. The molecular formula is C20H17BrClFN4O2. The summed E-state index contributed by atoms with van der Waals surface area (Å²) in [6.07, 6.45) is 0. The van der Waals surface area contributed by atoms with Gasteiger partial charge in [0.2, 0.25) is 11.7 Å². The van der Waals surface area contributed by atoms with Crippen LogP contribution in [0, 0.1) is 5.82 Å². The first kappa shape index (κ1) is 20.0. The lowest BCUT2D eigenvalue weighted by Crippen LogP contribution is -2.48. The molecule has 150 valence electrons. The smallest absolute Gasteiger partial charge is 0.255 e. The van der Waals surface area contributed by atoms with Gasteiger partial charge in [0.05, 0.1) is 12.1 Å². The standard InChI is InChI=1S/C20H17BrClFN4O2/c21-17-11-15(23)5-6-16(17)20(28)27-9-7-26(8-10-27)12-18-24-19(25-29-18)13-1-3-14(22)4-2-13/h1-6,11H,7-10,12H2. The molecule has 9 heteroatoms. The third-order valence-corrected chi connectivity index (χ3v) is 5.66. The number of carbonyl (C=O) groups excluding carboxylic acids is 1. The highest BCUT2D eigenvalue weighted by molar-refractivity contribution is 9.10. The van der Waals surface area contributed by atoms with E-state index in [1.807, 2.05) is 12.1 Å². The van der Waals surface area contributed by atoms with E-state index in [9.17, 15) is 9.18 Å². The zero-order valence-electron chi connectivity index (χ0n) is 15.3. The second-order valence-electron chi connectivity index (χ2n) is 6.71. The first-order chi connectivity index (χ1) is 14.0. The van der Waals surface area contributed by atoms with Crippen molar-refractivity contribution in [1.29, 1.82) is 0 Å². The molecule has 29 heavy (non-hydrogen) atoms. The van der Waals surface area contributed by atoms with Crippen molar-refractivity contribution < 1.29 is 13.7 Å². The van der Waals surface area contributed by atoms with Crippen LogP contribution >= 0.6 is 27.5 Å². The summed E-state index contributed by atoms with van der Waals surface area (Å²) in [5, 5.41) is 4.68. The molecule has 3 aromatic rings. The third kappa shape index (κ3) is 4.66. The van der Waals surface area contributed by atoms with E-state index < -0.39 is 0 Å². The van der Waals surface area contributed by atoms with E-state index in [4.69, 9.17) is 16.1 Å². The number of piperazine rings is 1. The molecule has 1 fully saturated rings. The van der Waals surface area contributed by atoms with Gasteiger partial charge >= 0.3 is 0 Å². The molecule has 0 radical (unpaired) electrons. The maximum atomic E-state index is 13.3. The zero-order valence-corrected chi connectivity index (χ0v) is 17.7. The van der Waals surface area contributed by atoms with Crippen molar-refractivity contribution in [2.75, 3.05) is 26.2 Å². The quantitative estimate of drug-likeness (QED) is 0.560. The molecule has 0 saturated carbocycles. The SMILES string of the molecule is O=C(c1ccc(F)cc1Br)N1CCN(Cc2nc(-c3ccc(Cl)cc3)no2)CC1.